The number of hydrogen-bond donors (Lipinski definition) is 0. The predicted octanol–water partition coefficient (Wildman–Crippen LogP) is 21.2. The Labute approximate surface area is 450 Å². The van der Waals surface area contributed by atoms with Crippen molar-refractivity contribution in [2.24, 2.45) is 5.92 Å². The number of benzene rings is 4. The zero-order valence-corrected chi connectivity index (χ0v) is 50.0. The van der Waals surface area contributed by atoms with E-state index in [0.717, 1.165) is 0 Å². The van der Waals surface area contributed by atoms with Crippen LogP contribution in [0.25, 0.3) is 0 Å². The Bertz CT molecular complexity index is 1750. The molecule has 0 amide bonds. The third kappa shape index (κ3) is 25.0. The van der Waals surface area contributed by atoms with Gasteiger partial charge in [0, 0.05) is 22.2 Å². The van der Waals surface area contributed by atoms with Crippen molar-refractivity contribution in [3.8, 4) is 0 Å². The zero-order chi connectivity index (χ0) is 51.3. The molecule has 1 unspecified atom stereocenters. The van der Waals surface area contributed by atoms with Gasteiger partial charge in [-0.15, -0.1) is 0 Å². The van der Waals surface area contributed by atoms with Crippen LogP contribution < -0.4 is 21.2 Å². The van der Waals surface area contributed by atoms with Crippen LogP contribution in [0.5, 0.6) is 0 Å². The van der Waals surface area contributed by atoms with Gasteiger partial charge in [0.05, 0.1) is 0 Å². The molecule has 0 saturated heterocycles. The molecule has 3 heteroatoms. The molecule has 0 aliphatic carbocycles. The molecule has 0 fully saturated rings. The minimum Gasteiger partial charge on any atom is -0.242 e. The minimum atomic E-state index is -0.858. The molecular weight excluding hydrogens is 905 g/mol. The average molecular weight is 1020 g/mol. The summed E-state index contributed by atoms with van der Waals surface area (Å²) in [6.45, 7) is 16.8. The highest BCUT2D eigenvalue weighted by molar-refractivity contribution is 7.84. The molecule has 0 heterocycles. The van der Waals surface area contributed by atoms with Crippen molar-refractivity contribution >= 4 is 37.4 Å². The minimum absolute atomic E-state index is 0.379. The fourth-order valence-electron chi connectivity index (χ4n) is 10.6. The Morgan fingerprint density at radius 1 is 0.292 bits per heavy atom. The smallest absolute Gasteiger partial charge is 0.0326 e. The second-order valence-corrected chi connectivity index (χ2v) is 27.0. The van der Waals surface area contributed by atoms with E-state index in [2.05, 4.69) is 150 Å². The van der Waals surface area contributed by atoms with Crippen molar-refractivity contribution in [3.05, 3.63) is 119 Å². The lowest BCUT2D eigenvalue weighted by molar-refractivity contribution is 0.407. The molecule has 0 spiro atoms. The van der Waals surface area contributed by atoms with Gasteiger partial charge in [-0.1, -0.05) is 306 Å². The molecule has 4 aromatic rings. The van der Waals surface area contributed by atoms with Crippen molar-refractivity contribution in [2.75, 3.05) is 0 Å². The molecule has 0 N–H and O–H groups in total. The molecule has 0 aliphatic rings. The van der Waals surface area contributed by atoms with Gasteiger partial charge in [-0.25, -0.2) is 4.44 Å². The summed E-state index contributed by atoms with van der Waals surface area (Å²) >= 11 is 0. The van der Waals surface area contributed by atoms with E-state index in [9.17, 15) is 0 Å². The molecule has 0 aliphatic heterocycles. The SMILES string of the molecule is CCCCCCCCCCc1ccc(P(c2ccc(CCCCCCCCCC)cc2)N(C(C)C(C)C)P(c2cccc(CCCCCCCCCC)c2)c2cccc(CCCCCCCCCC)c2)cc1. The van der Waals surface area contributed by atoms with Gasteiger partial charge < -0.3 is 0 Å². The quantitative estimate of drug-likeness (QED) is 0.0315. The number of unbranched alkanes of at least 4 members (excludes halogenated alkanes) is 28. The maximum absolute atomic E-state index is 3.10. The number of aryl methyl sites for hydroxylation is 4. The second-order valence-electron chi connectivity index (χ2n) is 22.5. The first kappa shape index (κ1) is 62.2. The fraction of sp³-hybridized carbons (Fsp3) is 0.652. The number of rotatable bonds is 44. The van der Waals surface area contributed by atoms with Gasteiger partial charge in [0.2, 0.25) is 0 Å². The molecule has 72 heavy (non-hydrogen) atoms. The van der Waals surface area contributed by atoms with Crippen LogP contribution in [-0.2, 0) is 25.7 Å². The van der Waals surface area contributed by atoms with Gasteiger partial charge >= 0.3 is 0 Å². The van der Waals surface area contributed by atoms with E-state index in [1.165, 1.54) is 275 Å². The Morgan fingerprint density at radius 2 is 0.556 bits per heavy atom. The normalized spacial score (nSPS) is 12.3. The van der Waals surface area contributed by atoms with Gasteiger partial charge in [0.15, 0.2) is 0 Å². The van der Waals surface area contributed by atoms with Crippen molar-refractivity contribution in [3.63, 3.8) is 0 Å². The van der Waals surface area contributed by atoms with Crippen molar-refractivity contribution in [1.82, 2.24) is 4.44 Å². The molecule has 0 radical (unpaired) electrons. The molecule has 4 aromatic carbocycles. The monoisotopic (exact) mass is 1020 g/mol. The first-order chi connectivity index (χ1) is 35.4. The third-order valence-corrected chi connectivity index (χ3v) is 21.4. The summed E-state index contributed by atoms with van der Waals surface area (Å²) in [6.07, 6.45) is 48.6. The average Bonchev–Trinajstić information content (AvgIpc) is 3.40. The van der Waals surface area contributed by atoms with Crippen molar-refractivity contribution < 1.29 is 0 Å². The lowest BCUT2D eigenvalue weighted by Crippen LogP contribution is -2.39. The molecule has 0 saturated carbocycles. The van der Waals surface area contributed by atoms with Crippen LogP contribution in [0.15, 0.2) is 97.1 Å². The van der Waals surface area contributed by atoms with E-state index < -0.39 is 16.1 Å². The van der Waals surface area contributed by atoms with Crippen LogP contribution in [0.3, 0.4) is 0 Å². The summed E-state index contributed by atoms with van der Waals surface area (Å²) in [6, 6.07) is 40.7. The lowest BCUT2D eigenvalue weighted by atomic mass is 10.0. The molecule has 1 nitrogen and oxygen atoms in total. The van der Waals surface area contributed by atoms with Gasteiger partial charge in [-0.05, 0) is 120 Å². The lowest BCUT2D eigenvalue weighted by Gasteiger charge is -2.44. The van der Waals surface area contributed by atoms with Crippen LogP contribution in [-0.4, -0.2) is 10.5 Å². The maximum Gasteiger partial charge on any atom is 0.0326 e. The third-order valence-electron chi connectivity index (χ3n) is 15.7. The predicted molar refractivity (Wildman–Crippen MR) is 330 cm³/mol. The number of hydrogen-bond acceptors (Lipinski definition) is 1. The molecule has 0 aromatic heterocycles. The van der Waals surface area contributed by atoms with E-state index in [4.69, 9.17) is 0 Å². The first-order valence-corrected chi connectivity index (χ1v) is 33.7. The summed E-state index contributed by atoms with van der Waals surface area (Å²) in [4.78, 5) is 0. The standard InChI is InChI=1S/C69H111NP2/c1-8-12-16-20-24-28-32-36-42-62-50-54-66(55-51-62)71(67-56-52-63(53-57-67)43-37-33-29-25-21-17-13-9-2)70(61(7)60(5)6)72(68-48-40-46-64(58-68)44-38-34-30-26-22-18-14-10-3)69-49-41-47-65(59-69)45-39-35-31-27-23-19-15-11-4/h40-41,46-61H,8-39,42-45H2,1-7H3. The van der Waals surface area contributed by atoms with Crippen molar-refractivity contribution in [2.45, 2.75) is 286 Å². The topological polar surface area (TPSA) is 3.24 Å². The number of nitrogens with zero attached hydrogens (tertiary/aromatic N) is 1. The van der Waals surface area contributed by atoms with Crippen LogP contribution in [0.1, 0.15) is 276 Å². The van der Waals surface area contributed by atoms with Gasteiger partial charge in [0.1, 0.15) is 0 Å². The second kappa shape index (κ2) is 40.0. The van der Waals surface area contributed by atoms with Gasteiger partial charge in [-0.3, -0.25) is 0 Å². The molecule has 1 atom stereocenters. The summed E-state index contributed by atoms with van der Waals surface area (Å²) in [5, 5.41) is 6.07. The van der Waals surface area contributed by atoms with E-state index >= 15 is 0 Å². The van der Waals surface area contributed by atoms with E-state index in [1.54, 1.807) is 0 Å². The highest BCUT2D eigenvalue weighted by Crippen LogP contribution is 2.57. The fourth-order valence-corrected chi connectivity index (χ4v) is 17.3. The summed E-state index contributed by atoms with van der Waals surface area (Å²) < 4.78 is 3.10. The molecular formula is C69H111NP2. The highest BCUT2D eigenvalue weighted by atomic mass is 31.2. The Morgan fingerprint density at radius 3 is 0.847 bits per heavy atom. The summed E-state index contributed by atoms with van der Waals surface area (Å²) in [5.74, 6) is 0.503. The molecule has 402 valence electrons. The molecule has 0 bridgehead atoms. The summed E-state index contributed by atoms with van der Waals surface area (Å²) in [7, 11) is -1.71. The van der Waals surface area contributed by atoms with E-state index in [1.807, 2.05) is 0 Å². The van der Waals surface area contributed by atoms with E-state index in [0.29, 0.717) is 12.0 Å². The highest BCUT2D eigenvalue weighted by Gasteiger charge is 2.36. The Kier molecular flexibility index (Phi) is 34.6. The van der Waals surface area contributed by atoms with Crippen LogP contribution in [0.2, 0.25) is 0 Å². The Balaban J connectivity index is 1.71. The van der Waals surface area contributed by atoms with Crippen LogP contribution in [0.4, 0.5) is 0 Å². The Hall–Kier alpha value is -2.30. The van der Waals surface area contributed by atoms with E-state index in [-0.39, 0.29) is 0 Å². The van der Waals surface area contributed by atoms with Gasteiger partial charge in [0.25, 0.3) is 0 Å². The molecule has 4 rings (SSSR count). The van der Waals surface area contributed by atoms with Crippen molar-refractivity contribution in [1.29, 1.82) is 0 Å². The summed E-state index contributed by atoms with van der Waals surface area (Å²) in [5.41, 5.74) is 6.07. The largest absolute Gasteiger partial charge is 0.242 e. The first-order valence-electron chi connectivity index (χ1n) is 31.1. The maximum atomic E-state index is 3.10. The van der Waals surface area contributed by atoms with Gasteiger partial charge in [-0.2, -0.15) is 0 Å². The zero-order valence-electron chi connectivity index (χ0n) is 48.2. The van der Waals surface area contributed by atoms with Crippen LogP contribution >= 0.6 is 16.1 Å². The van der Waals surface area contributed by atoms with Crippen LogP contribution in [0, 0.1) is 5.92 Å².